The predicted octanol–water partition coefficient (Wildman–Crippen LogP) is 2.78. The number of ether oxygens (including phenoxy) is 1. The van der Waals surface area contributed by atoms with E-state index in [-0.39, 0.29) is 0 Å². The molecule has 0 rings (SSSR count). The number of aliphatic imine (C=N–C) groups is 1. The first kappa shape index (κ1) is 12.3. The minimum absolute atomic E-state index is 0.421. The summed E-state index contributed by atoms with van der Waals surface area (Å²) in [6.45, 7) is 6.19. The first-order valence-corrected chi connectivity index (χ1v) is 4.05. The standard InChI is InChI=1S/C8H14F3NO/c1-5(2)12-7(8(9,10)11)13-6(3)4/h5-6H,1-4H3/b12-7-. The van der Waals surface area contributed by atoms with Crippen molar-refractivity contribution in [3.05, 3.63) is 0 Å². The average molecular weight is 197 g/mol. The third-order valence-electron chi connectivity index (χ3n) is 0.965. The summed E-state index contributed by atoms with van der Waals surface area (Å²) in [7, 11) is 0. The van der Waals surface area contributed by atoms with Gasteiger partial charge in [0.1, 0.15) is 0 Å². The SMILES string of the molecule is CC(C)/N=C(\OC(C)C)C(F)(F)F. The van der Waals surface area contributed by atoms with Crippen LogP contribution in [-0.2, 0) is 4.74 Å². The second-order valence-electron chi connectivity index (χ2n) is 3.19. The highest BCUT2D eigenvalue weighted by Gasteiger charge is 2.38. The van der Waals surface area contributed by atoms with Gasteiger partial charge in [0, 0.05) is 6.04 Å². The highest BCUT2D eigenvalue weighted by atomic mass is 19.4. The van der Waals surface area contributed by atoms with Gasteiger partial charge in [-0.2, -0.15) is 13.2 Å². The fourth-order valence-electron chi connectivity index (χ4n) is 0.628. The second kappa shape index (κ2) is 4.48. The Labute approximate surface area is 75.8 Å². The van der Waals surface area contributed by atoms with Gasteiger partial charge >= 0.3 is 6.18 Å². The van der Waals surface area contributed by atoms with Gasteiger partial charge < -0.3 is 4.74 Å². The van der Waals surface area contributed by atoms with Gasteiger partial charge in [0.15, 0.2) is 0 Å². The third-order valence-corrected chi connectivity index (χ3v) is 0.965. The molecule has 5 heteroatoms. The minimum Gasteiger partial charge on any atom is -0.472 e. The average Bonchev–Trinajstić information content (AvgIpc) is 1.81. The van der Waals surface area contributed by atoms with Crippen molar-refractivity contribution in [3.63, 3.8) is 0 Å². The largest absolute Gasteiger partial charge is 0.472 e. The zero-order valence-corrected chi connectivity index (χ0v) is 8.14. The van der Waals surface area contributed by atoms with Gasteiger partial charge in [0.25, 0.3) is 5.90 Å². The van der Waals surface area contributed by atoms with Crippen LogP contribution in [0, 0.1) is 0 Å². The second-order valence-corrected chi connectivity index (χ2v) is 3.19. The van der Waals surface area contributed by atoms with Gasteiger partial charge in [-0.3, -0.25) is 0 Å². The number of hydrogen-bond acceptors (Lipinski definition) is 2. The van der Waals surface area contributed by atoms with Gasteiger partial charge in [-0.1, -0.05) is 0 Å². The van der Waals surface area contributed by atoms with Gasteiger partial charge in [-0.15, -0.1) is 0 Å². The van der Waals surface area contributed by atoms with Gasteiger partial charge in [-0.25, -0.2) is 4.99 Å². The molecule has 0 aromatic carbocycles. The molecule has 0 saturated heterocycles. The Balaban J connectivity index is 4.57. The summed E-state index contributed by atoms with van der Waals surface area (Å²) >= 11 is 0. The van der Waals surface area contributed by atoms with Crippen molar-refractivity contribution in [3.8, 4) is 0 Å². The van der Waals surface area contributed by atoms with Crippen LogP contribution < -0.4 is 0 Å². The van der Waals surface area contributed by atoms with Crippen molar-refractivity contribution in [2.45, 2.75) is 46.0 Å². The van der Waals surface area contributed by atoms with Crippen LogP contribution in [0.4, 0.5) is 13.2 Å². The van der Waals surface area contributed by atoms with Crippen molar-refractivity contribution in [2.75, 3.05) is 0 Å². The van der Waals surface area contributed by atoms with Crippen LogP contribution in [0.3, 0.4) is 0 Å². The van der Waals surface area contributed by atoms with Crippen LogP contribution in [0.15, 0.2) is 4.99 Å². The van der Waals surface area contributed by atoms with E-state index in [4.69, 9.17) is 0 Å². The zero-order valence-electron chi connectivity index (χ0n) is 8.14. The van der Waals surface area contributed by atoms with Gasteiger partial charge in [-0.05, 0) is 27.7 Å². The topological polar surface area (TPSA) is 21.6 Å². The van der Waals surface area contributed by atoms with E-state index in [1.807, 2.05) is 0 Å². The maximum Gasteiger partial charge on any atom is 0.468 e. The molecule has 0 heterocycles. The van der Waals surface area contributed by atoms with Crippen molar-refractivity contribution in [1.82, 2.24) is 0 Å². The van der Waals surface area contributed by atoms with Gasteiger partial charge in [0.05, 0.1) is 6.10 Å². The van der Waals surface area contributed by atoms with E-state index in [1.165, 1.54) is 13.8 Å². The fourth-order valence-corrected chi connectivity index (χ4v) is 0.628. The molecule has 0 aliphatic rings. The third kappa shape index (κ3) is 5.49. The minimum atomic E-state index is -4.49. The maximum atomic E-state index is 12.2. The first-order chi connectivity index (χ1) is 5.73. The number of nitrogens with zero attached hydrogens (tertiary/aromatic N) is 1. The quantitative estimate of drug-likeness (QED) is 0.492. The summed E-state index contributed by atoms with van der Waals surface area (Å²) in [5, 5.41) is 0. The Morgan fingerprint density at radius 1 is 1.15 bits per heavy atom. The molecule has 0 N–H and O–H groups in total. The lowest BCUT2D eigenvalue weighted by Gasteiger charge is -2.15. The number of alkyl halides is 3. The molecule has 0 saturated carbocycles. The van der Waals surface area contributed by atoms with Crippen LogP contribution in [0.25, 0.3) is 0 Å². The van der Waals surface area contributed by atoms with E-state index in [2.05, 4.69) is 9.73 Å². The zero-order chi connectivity index (χ0) is 10.6. The molecule has 0 unspecified atom stereocenters. The number of rotatable bonds is 2. The smallest absolute Gasteiger partial charge is 0.468 e. The molecule has 0 aliphatic heterocycles. The predicted molar refractivity (Wildman–Crippen MR) is 44.8 cm³/mol. The molecule has 0 radical (unpaired) electrons. The van der Waals surface area contributed by atoms with Crippen molar-refractivity contribution >= 4 is 5.90 Å². The lowest BCUT2D eigenvalue weighted by Crippen LogP contribution is -2.29. The molecule has 13 heavy (non-hydrogen) atoms. The molecule has 2 nitrogen and oxygen atoms in total. The summed E-state index contributed by atoms with van der Waals surface area (Å²) in [4.78, 5) is 3.36. The summed E-state index contributed by atoms with van der Waals surface area (Å²) < 4.78 is 41.1. The molecule has 0 aromatic rings. The lowest BCUT2D eigenvalue weighted by atomic mass is 10.4. The Morgan fingerprint density at radius 3 is 1.85 bits per heavy atom. The van der Waals surface area contributed by atoms with Crippen molar-refractivity contribution < 1.29 is 17.9 Å². The van der Waals surface area contributed by atoms with Crippen LogP contribution >= 0.6 is 0 Å². The summed E-state index contributed by atoms with van der Waals surface area (Å²) in [5.74, 6) is -1.14. The molecular formula is C8H14F3NO. The highest BCUT2D eigenvalue weighted by molar-refractivity contribution is 5.82. The Kier molecular flexibility index (Phi) is 4.23. The van der Waals surface area contributed by atoms with E-state index < -0.39 is 24.2 Å². The van der Waals surface area contributed by atoms with Crippen molar-refractivity contribution in [1.29, 1.82) is 0 Å². The van der Waals surface area contributed by atoms with E-state index >= 15 is 0 Å². The van der Waals surface area contributed by atoms with Crippen LogP contribution in [0.5, 0.6) is 0 Å². The molecule has 0 aromatic heterocycles. The molecule has 0 fully saturated rings. The molecule has 0 aliphatic carbocycles. The van der Waals surface area contributed by atoms with E-state index in [0.717, 1.165) is 0 Å². The number of hydrogen-bond donors (Lipinski definition) is 0. The highest BCUT2D eigenvalue weighted by Crippen LogP contribution is 2.19. The Bertz CT molecular complexity index is 184. The Hall–Kier alpha value is -0.740. The van der Waals surface area contributed by atoms with E-state index in [9.17, 15) is 13.2 Å². The van der Waals surface area contributed by atoms with Crippen molar-refractivity contribution in [2.24, 2.45) is 4.99 Å². The number of halogens is 3. The normalized spacial score (nSPS) is 14.1. The molecule has 0 atom stereocenters. The van der Waals surface area contributed by atoms with Gasteiger partial charge in [0.2, 0.25) is 0 Å². The van der Waals surface area contributed by atoms with Crippen LogP contribution in [0.2, 0.25) is 0 Å². The monoisotopic (exact) mass is 197 g/mol. The first-order valence-electron chi connectivity index (χ1n) is 4.05. The van der Waals surface area contributed by atoms with E-state index in [0.29, 0.717) is 0 Å². The molecule has 78 valence electrons. The molecular weight excluding hydrogens is 183 g/mol. The molecule has 0 spiro atoms. The van der Waals surface area contributed by atoms with E-state index in [1.54, 1.807) is 13.8 Å². The molecule has 0 amide bonds. The Morgan fingerprint density at radius 2 is 1.62 bits per heavy atom. The fraction of sp³-hybridized carbons (Fsp3) is 0.875. The summed E-state index contributed by atoms with van der Waals surface area (Å²) in [5.41, 5.74) is 0. The van der Waals surface area contributed by atoms with Crippen LogP contribution in [-0.4, -0.2) is 24.2 Å². The van der Waals surface area contributed by atoms with Crippen LogP contribution in [0.1, 0.15) is 27.7 Å². The summed E-state index contributed by atoms with van der Waals surface area (Å²) in [6.07, 6.45) is -5.01. The maximum absolute atomic E-state index is 12.2. The lowest BCUT2D eigenvalue weighted by molar-refractivity contribution is -0.0822. The molecule has 0 bridgehead atoms. The summed E-state index contributed by atoms with van der Waals surface area (Å²) in [6, 6.07) is -0.421.